The molecule has 0 amide bonds. The van der Waals surface area contributed by atoms with Crippen LogP contribution in [0.1, 0.15) is 34.1 Å². The summed E-state index contributed by atoms with van der Waals surface area (Å²) >= 11 is 0. The molecule has 4 nitrogen and oxygen atoms in total. The fraction of sp³-hybridized carbons (Fsp3) is 0.350. The molecule has 0 atom stereocenters. The Hall–Kier alpha value is -2.49. The minimum absolute atomic E-state index is 0.455. The van der Waals surface area contributed by atoms with Crippen LogP contribution in [0.25, 0.3) is 11.1 Å². The lowest BCUT2D eigenvalue weighted by Crippen LogP contribution is -2.25. The molecular weight excluding hydrogens is 304 g/mol. The molecule has 0 spiro atoms. The van der Waals surface area contributed by atoms with Crippen LogP contribution < -0.4 is 9.47 Å². The first-order valence-electron chi connectivity index (χ1n) is 8.11. The largest absolute Gasteiger partial charge is 0.514 e. The van der Waals surface area contributed by atoms with E-state index < -0.39 is 11.8 Å². The third-order valence-corrected chi connectivity index (χ3v) is 3.11. The standard InChI is InChI=1S/C20H24O4/c1-5-14-22-17-10-6-15(7-11-17)16-8-12-18(13-9-16)23-19(21)24-20(2,3)4/h6-13H,5,14H2,1-4H3. The van der Waals surface area contributed by atoms with Crippen molar-refractivity contribution in [2.24, 2.45) is 0 Å². The van der Waals surface area contributed by atoms with Gasteiger partial charge in [0.1, 0.15) is 17.1 Å². The Labute approximate surface area is 143 Å². The molecule has 0 saturated carbocycles. The Bertz CT molecular complexity index is 652. The molecule has 0 N–H and O–H groups in total. The van der Waals surface area contributed by atoms with E-state index in [1.54, 1.807) is 32.9 Å². The average Bonchev–Trinajstić information content (AvgIpc) is 2.52. The molecule has 2 aromatic rings. The summed E-state index contributed by atoms with van der Waals surface area (Å²) in [5.41, 5.74) is 1.54. The van der Waals surface area contributed by atoms with E-state index in [1.807, 2.05) is 36.4 Å². The van der Waals surface area contributed by atoms with Crippen LogP contribution in [0.15, 0.2) is 48.5 Å². The minimum Gasteiger partial charge on any atom is -0.494 e. The average molecular weight is 328 g/mol. The zero-order valence-electron chi connectivity index (χ0n) is 14.7. The summed E-state index contributed by atoms with van der Waals surface area (Å²) in [5, 5.41) is 0. The van der Waals surface area contributed by atoms with Crippen molar-refractivity contribution >= 4 is 6.16 Å². The Balaban J connectivity index is 2.00. The van der Waals surface area contributed by atoms with Crippen LogP contribution in [0.5, 0.6) is 11.5 Å². The van der Waals surface area contributed by atoms with Gasteiger partial charge in [0.15, 0.2) is 0 Å². The Morgan fingerprint density at radius 3 is 1.83 bits per heavy atom. The van der Waals surface area contributed by atoms with Crippen LogP contribution in [-0.4, -0.2) is 18.4 Å². The molecule has 24 heavy (non-hydrogen) atoms. The van der Waals surface area contributed by atoms with Crippen LogP contribution in [-0.2, 0) is 4.74 Å². The minimum atomic E-state index is -0.701. The van der Waals surface area contributed by atoms with Crippen molar-refractivity contribution in [1.82, 2.24) is 0 Å². The molecule has 0 unspecified atom stereocenters. The van der Waals surface area contributed by atoms with Crippen molar-refractivity contribution in [3.63, 3.8) is 0 Å². The number of benzene rings is 2. The molecule has 2 rings (SSSR count). The SMILES string of the molecule is CCCOc1ccc(-c2ccc(OC(=O)OC(C)(C)C)cc2)cc1. The molecule has 0 aliphatic carbocycles. The van der Waals surface area contributed by atoms with E-state index in [9.17, 15) is 4.79 Å². The zero-order valence-corrected chi connectivity index (χ0v) is 14.7. The van der Waals surface area contributed by atoms with Crippen LogP contribution in [0.4, 0.5) is 4.79 Å². The van der Waals surface area contributed by atoms with Crippen molar-refractivity contribution < 1.29 is 19.0 Å². The van der Waals surface area contributed by atoms with Gasteiger partial charge in [-0.15, -0.1) is 0 Å². The third-order valence-electron chi connectivity index (χ3n) is 3.11. The van der Waals surface area contributed by atoms with E-state index in [0.29, 0.717) is 5.75 Å². The van der Waals surface area contributed by atoms with Crippen LogP contribution in [0.3, 0.4) is 0 Å². The summed E-state index contributed by atoms with van der Waals surface area (Å²) in [6.45, 7) is 8.19. The smallest absolute Gasteiger partial charge is 0.494 e. The maximum atomic E-state index is 11.6. The first-order valence-corrected chi connectivity index (χ1v) is 8.11. The highest BCUT2D eigenvalue weighted by molar-refractivity contribution is 5.67. The van der Waals surface area contributed by atoms with E-state index >= 15 is 0 Å². The summed E-state index contributed by atoms with van der Waals surface area (Å²) < 4.78 is 15.9. The van der Waals surface area contributed by atoms with E-state index in [0.717, 1.165) is 29.9 Å². The summed E-state index contributed by atoms with van der Waals surface area (Å²) in [6.07, 6.45) is 0.286. The summed E-state index contributed by atoms with van der Waals surface area (Å²) in [7, 11) is 0. The number of rotatable bonds is 5. The van der Waals surface area contributed by atoms with Gasteiger partial charge < -0.3 is 14.2 Å². The highest BCUT2D eigenvalue weighted by Crippen LogP contribution is 2.25. The summed E-state index contributed by atoms with van der Waals surface area (Å²) in [4.78, 5) is 11.6. The molecule has 0 aliphatic heterocycles. The lowest BCUT2D eigenvalue weighted by Gasteiger charge is -2.18. The molecular formula is C20H24O4. The molecule has 0 heterocycles. The maximum absolute atomic E-state index is 11.6. The van der Waals surface area contributed by atoms with Crippen LogP contribution >= 0.6 is 0 Å². The normalized spacial score (nSPS) is 11.0. The van der Waals surface area contributed by atoms with Gasteiger partial charge in [0.05, 0.1) is 6.61 Å². The molecule has 0 radical (unpaired) electrons. The molecule has 4 heteroatoms. The second-order valence-corrected chi connectivity index (χ2v) is 6.46. The van der Waals surface area contributed by atoms with E-state index in [2.05, 4.69) is 6.92 Å². The third kappa shape index (κ3) is 5.61. The van der Waals surface area contributed by atoms with E-state index in [-0.39, 0.29) is 0 Å². The monoisotopic (exact) mass is 328 g/mol. The van der Waals surface area contributed by atoms with Crippen molar-refractivity contribution in [1.29, 1.82) is 0 Å². The second kappa shape index (κ2) is 7.86. The number of carbonyl (C=O) groups excluding carboxylic acids is 1. The van der Waals surface area contributed by atoms with Gasteiger partial charge in [0.2, 0.25) is 0 Å². The van der Waals surface area contributed by atoms with Crippen LogP contribution in [0.2, 0.25) is 0 Å². The lowest BCUT2D eigenvalue weighted by molar-refractivity contribution is 0.0206. The molecule has 2 aromatic carbocycles. The molecule has 0 aromatic heterocycles. The highest BCUT2D eigenvalue weighted by atomic mass is 16.7. The maximum Gasteiger partial charge on any atom is 0.514 e. The van der Waals surface area contributed by atoms with Gasteiger partial charge in [0.25, 0.3) is 0 Å². The summed E-state index contributed by atoms with van der Waals surface area (Å²) in [5.74, 6) is 1.32. The predicted octanol–water partition coefficient (Wildman–Crippen LogP) is 5.46. The first-order chi connectivity index (χ1) is 11.4. The summed E-state index contributed by atoms with van der Waals surface area (Å²) in [6, 6.07) is 15.2. The fourth-order valence-corrected chi connectivity index (χ4v) is 2.05. The lowest BCUT2D eigenvalue weighted by atomic mass is 10.1. The molecule has 0 bridgehead atoms. The topological polar surface area (TPSA) is 44.8 Å². The number of hydrogen-bond donors (Lipinski definition) is 0. The van der Waals surface area contributed by atoms with E-state index in [1.165, 1.54) is 0 Å². The molecule has 0 saturated heterocycles. The van der Waals surface area contributed by atoms with Gasteiger partial charge in [-0.25, -0.2) is 4.79 Å². The molecule has 128 valence electrons. The Kier molecular flexibility index (Phi) is 5.85. The second-order valence-electron chi connectivity index (χ2n) is 6.46. The first kappa shape index (κ1) is 17.9. The quantitative estimate of drug-likeness (QED) is 0.540. The van der Waals surface area contributed by atoms with Crippen molar-refractivity contribution in [3.05, 3.63) is 48.5 Å². The van der Waals surface area contributed by atoms with Gasteiger partial charge in [-0.05, 0) is 62.6 Å². The Morgan fingerprint density at radius 2 is 1.38 bits per heavy atom. The van der Waals surface area contributed by atoms with Crippen molar-refractivity contribution in [3.8, 4) is 22.6 Å². The van der Waals surface area contributed by atoms with Gasteiger partial charge in [-0.1, -0.05) is 31.2 Å². The predicted molar refractivity (Wildman–Crippen MR) is 94.5 cm³/mol. The van der Waals surface area contributed by atoms with E-state index in [4.69, 9.17) is 14.2 Å². The molecule has 0 fully saturated rings. The highest BCUT2D eigenvalue weighted by Gasteiger charge is 2.17. The fourth-order valence-electron chi connectivity index (χ4n) is 2.05. The Morgan fingerprint density at radius 1 is 0.875 bits per heavy atom. The van der Waals surface area contributed by atoms with Crippen molar-refractivity contribution in [2.45, 2.75) is 39.7 Å². The van der Waals surface area contributed by atoms with Crippen LogP contribution in [0, 0.1) is 0 Å². The van der Waals surface area contributed by atoms with Crippen molar-refractivity contribution in [2.75, 3.05) is 6.61 Å². The molecule has 0 aliphatic rings. The van der Waals surface area contributed by atoms with Gasteiger partial charge in [-0.2, -0.15) is 0 Å². The number of carbonyl (C=O) groups is 1. The van der Waals surface area contributed by atoms with Gasteiger partial charge >= 0.3 is 6.16 Å². The van der Waals surface area contributed by atoms with Gasteiger partial charge in [-0.3, -0.25) is 0 Å². The zero-order chi connectivity index (χ0) is 17.6. The number of hydrogen-bond acceptors (Lipinski definition) is 4. The number of ether oxygens (including phenoxy) is 3. The van der Waals surface area contributed by atoms with Gasteiger partial charge in [0, 0.05) is 0 Å².